The Hall–Kier alpha value is -1.06. The number of nitrogens with zero attached hydrogens (tertiary/aromatic N) is 1. The third kappa shape index (κ3) is 3.28. The van der Waals surface area contributed by atoms with Crippen LogP contribution in [0.1, 0.15) is 48.0 Å². The van der Waals surface area contributed by atoms with Crippen LogP contribution in [-0.4, -0.2) is 29.8 Å². The fourth-order valence-corrected chi connectivity index (χ4v) is 2.52. The van der Waals surface area contributed by atoms with Gasteiger partial charge in [-0.15, -0.1) is 0 Å². The van der Waals surface area contributed by atoms with Crippen molar-refractivity contribution in [2.75, 3.05) is 7.05 Å². The van der Waals surface area contributed by atoms with Crippen LogP contribution in [0.4, 0.5) is 0 Å². The zero-order valence-corrected chi connectivity index (χ0v) is 13.3. The van der Waals surface area contributed by atoms with Gasteiger partial charge in [0, 0.05) is 13.0 Å². The molecule has 0 radical (unpaired) electrons. The molecule has 19 heavy (non-hydrogen) atoms. The predicted molar refractivity (Wildman–Crippen MR) is 76.3 cm³/mol. The molecule has 0 bridgehead atoms. The molecule has 1 aliphatic carbocycles. The molecular weight excluding hydrogens is 240 g/mol. The molecule has 0 heterocycles. The molecule has 3 unspecified atom stereocenters. The van der Waals surface area contributed by atoms with Gasteiger partial charge in [0.15, 0.2) is 0 Å². The molecule has 0 spiro atoms. The van der Waals surface area contributed by atoms with E-state index in [1.165, 1.54) is 0 Å². The van der Waals surface area contributed by atoms with Crippen molar-refractivity contribution in [2.24, 2.45) is 28.4 Å². The number of rotatable bonds is 4. The lowest BCUT2D eigenvalue weighted by Crippen LogP contribution is -2.50. The van der Waals surface area contributed by atoms with E-state index in [0.29, 0.717) is 0 Å². The fraction of sp³-hybridized carbons (Fsp3) is 0.867. The molecule has 1 fully saturated rings. The van der Waals surface area contributed by atoms with Gasteiger partial charge in [0.05, 0.1) is 0 Å². The molecular formula is C15H28N2O2. The predicted octanol–water partition coefficient (Wildman–Crippen LogP) is 2.03. The number of amides is 2. The molecule has 1 aliphatic rings. The molecule has 3 atom stereocenters. The number of hydrogen-bond donors (Lipinski definition) is 1. The first-order valence-corrected chi connectivity index (χ1v) is 6.95. The minimum absolute atomic E-state index is 0.000926. The van der Waals surface area contributed by atoms with E-state index in [0.717, 1.165) is 6.42 Å². The molecule has 4 nitrogen and oxygen atoms in total. The summed E-state index contributed by atoms with van der Waals surface area (Å²) in [5, 5.41) is 0. The molecule has 1 saturated carbocycles. The van der Waals surface area contributed by atoms with Gasteiger partial charge in [-0.05, 0) is 23.2 Å². The lowest BCUT2D eigenvalue weighted by atomic mass is 9.81. The lowest BCUT2D eigenvalue weighted by molar-refractivity contribution is -0.144. The maximum absolute atomic E-state index is 12.5. The highest BCUT2D eigenvalue weighted by Gasteiger charge is 2.54. The molecule has 0 aromatic rings. The maximum atomic E-state index is 12.5. The first-order chi connectivity index (χ1) is 8.39. The average molecular weight is 268 g/mol. The molecule has 110 valence electrons. The van der Waals surface area contributed by atoms with Gasteiger partial charge < -0.3 is 10.6 Å². The van der Waals surface area contributed by atoms with E-state index in [-0.39, 0.29) is 28.6 Å². The van der Waals surface area contributed by atoms with E-state index < -0.39 is 11.9 Å². The second-order valence-corrected chi connectivity index (χ2v) is 7.68. The summed E-state index contributed by atoms with van der Waals surface area (Å²) in [6, 6.07) is -0.479. The van der Waals surface area contributed by atoms with Gasteiger partial charge in [-0.2, -0.15) is 0 Å². The molecule has 0 aromatic heterocycles. The Morgan fingerprint density at radius 1 is 1.32 bits per heavy atom. The molecule has 1 rings (SSSR count). The average Bonchev–Trinajstić information content (AvgIpc) is 2.83. The third-order valence-corrected chi connectivity index (χ3v) is 4.70. The van der Waals surface area contributed by atoms with Crippen molar-refractivity contribution in [1.29, 1.82) is 0 Å². The van der Waals surface area contributed by atoms with Crippen LogP contribution in [0.2, 0.25) is 0 Å². The summed E-state index contributed by atoms with van der Waals surface area (Å²) < 4.78 is 0. The summed E-state index contributed by atoms with van der Waals surface area (Å²) in [6.45, 7) is 12.2. The van der Waals surface area contributed by atoms with Crippen molar-refractivity contribution < 1.29 is 9.59 Å². The van der Waals surface area contributed by atoms with Crippen molar-refractivity contribution in [3.05, 3.63) is 0 Å². The van der Waals surface area contributed by atoms with Crippen LogP contribution in [0, 0.1) is 22.7 Å². The zero-order chi connectivity index (χ0) is 15.2. The number of carbonyl (C=O) groups is 2. The minimum atomic E-state index is -0.479. The monoisotopic (exact) mass is 268 g/mol. The van der Waals surface area contributed by atoms with Gasteiger partial charge in [0.1, 0.15) is 6.04 Å². The highest BCUT2D eigenvalue weighted by Crippen LogP contribution is 2.54. The van der Waals surface area contributed by atoms with Gasteiger partial charge >= 0.3 is 0 Å². The van der Waals surface area contributed by atoms with Crippen molar-refractivity contribution in [2.45, 2.75) is 54.0 Å². The Kier molecular flexibility index (Phi) is 4.04. The highest BCUT2D eigenvalue weighted by atomic mass is 16.2. The second kappa shape index (κ2) is 4.80. The van der Waals surface area contributed by atoms with Crippen LogP contribution >= 0.6 is 0 Å². The van der Waals surface area contributed by atoms with E-state index in [2.05, 4.69) is 13.8 Å². The zero-order valence-electron chi connectivity index (χ0n) is 13.3. The normalized spacial score (nSPS) is 24.5. The Labute approximate surface area is 116 Å². The van der Waals surface area contributed by atoms with E-state index in [4.69, 9.17) is 5.73 Å². The van der Waals surface area contributed by atoms with Gasteiger partial charge in [-0.25, -0.2) is 0 Å². The van der Waals surface area contributed by atoms with Crippen molar-refractivity contribution >= 4 is 11.8 Å². The molecule has 0 saturated heterocycles. The molecule has 0 aliphatic heterocycles. The van der Waals surface area contributed by atoms with Crippen molar-refractivity contribution in [3.8, 4) is 0 Å². The number of hydrogen-bond acceptors (Lipinski definition) is 2. The standard InChI is InChI=1S/C15H28N2O2/c1-9(14(2,3)4)13(19)17(7)11(12(16)18)10-8-15(10,5)6/h9-11H,8H2,1-7H3,(H2,16,18). The summed E-state index contributed by atoms with van der Waals surface area (Å²) in [5.74, 6) is -0.348. The number of primary amides is 1. The van der Waals surface area contributed by atoms with E-state index in [9.17, 15) is 9.59 Å². The van der Waals surface area contributed by atoms with E-state index in [1.807, 2.05) is 27.7 Å². The maximum Gasteiger partial charge on any atom is 0.240 e. The SMILES string of the molecule is CC(C(=O)N(C)C(C(N)=O)C1CC1(C)C)C(C)(C)C. The summed E-state index contributed by atoms with van der Waals surface area (Å²) in [7, 11) is 1.70. The molecule has 4 heteroatoms. The minimum Gasteiger partial charge on any atom is -0.368 e. The number of carbonyl (C=O) groups excluding carboxylic acids is 2. The molecule has 2 amide bonds. The van der Waals surface area contributed by atoms with Crippen molar-refractivity contribution in [1.82, 2.24) is 4.90 Å². The number of likely N-dealkylation sites (N-methyl/N-ethyl adjacent to an activating group) is 1. The third-order valence-electron chi connectivity index (χ3n) is 4.70. The molecule has 2 N–H and O–H groups in total. The largest absolute Gasteiger partial charge is 0.368 e. The van der Waals surface area contributed by atoms with E-state index in [1.54, 1.807) is 11.9 Å². The van der Waals surface area contributed by atoms with Gasteiger partial charge in [0.2, 0.25) is 11.8 Å². The lowest BCUT2D eigenvalue weighted by Gasteiger charge is -2.34. The Morgan fingerprint density at radius 2 is 1.74 bits per heavy atom. The van der Waals surface area contributed by atoms with Crippen LogP contribution in [0.25, 0.3) is 0 Å². The van der Waals surface area contributed by atoms with Crippen LogP contribution in [0.5, 0.6) is 0 Å². The number of nitrogens with two attached hydrogens (primary N) is 1. The van der Waals surface area contributed by atoms with Crippen LogP contribution in [0.15, 0.2) is 0 Å². The van der Waals surface area contributed by atoms with Crippen molar-refractivity contribution in [3.63, 3.8) is 0 Å². The topological polar surface area (TPSA) is 63.4 Å². The summed E-state index contributed by atoms with van der Waals surface area (Å²) >= 11 is 0. The Bertz CT molecular complexity index is 382. The molecule has 0 aromatic carbocycles. The highest BCUT2D eigenvalue weighted by molar-refractivity contribution is 5.88. The summed E-state index contributed by atoms with van der Waals surface area (Å²) in [5.41, 5.74) is 5.51. The van der Waals surface area contributed by atoms with Crippen LogP contribution in [0.3, 0.4) is 0 Å². The first-order valence-electron chi connectivity index (χ1n) is 6.95. The van der Waals surface area contributed by atoms with Crippen LogP contribution in [-0.2, 0) is 9.59 Å². The van der Waals surface area contributed by atoms with E-state index >= 15 is 0 Å². The van der Waals surface area contributed by atoms with Gasteiger partial charge in [-0.3, -0.25) is 9.59 Å². The second-order valence-electron chi connectivity index (χ2n) is 7.68. The fourth-order valence-electron chi connectivity index (χ4n) is 2.52. The summed E-state index contributed by atoms with van der Waals surface area (Å²) in [6.07, 6.45) is 0.947. The quantitative estimate of drug-likeness (QED) is 0.848. The van der Waals surface area contributed by atoms with Gasteiger partial charge in [-0.1, -0.05) is 41.5 Å². The van der Waals surface area contributed by atoms with Crippen LogP contribution < -0.4 is 5.73 Å². The Morgan fingerprint density at radius 3 is 2.00 bits per heavy atom. The summed E-state index contributed by atoms with van der Waals surface area (Å²) in [4.78, 5) is 25.8. The smallest absolute Gasteiger partial charge is 0.240 e. The Balaban J connectivity index is 2.87. The first kappa shape index (κ1) is 16.0. The van der Waals surface area contributed by atoms with Gasteiger partial charge in [0.25, 0.3) is 0 Å².